The number of amides is 1. The maximum atomic E-state index is 12.2. The lowest BCUT2D eigenvalue weighted by molar-refractivity contribution is -0.891. The highest BCUT2D eigenvalue weighted by Crippen LogP contribution is 2.27. The summed E-state index contributed by atoms with van der Waals surface area (Å²) in [6.07, 6.45) is 1.65. The van der Waals surface area contributed by atoms with Gasteiger partial charge in [-0.25, -0.2) is 0 Å². The molecule has 0 radical (unpaired) electrons. The van der Waals surface area contributed by atoms with Crippen molar-refractivity contribution in [3.05, 3.63) is 53.5 Å². The average molecular weight is 345 g/mol. The molecule has 5 nitrogen and oxygen atoms in total. The highest BCUT2D eigenvalue weighted by atomic mass is 16.5. The molecule has 0 saturated carbocycles. The highest BCUT2D eigenvalue weighted by molar-refractivity contribution is 5.77. The number of hydrogen-bond acceptors (Lipinski definition) is 3. The van der Waals surface area contributed by atoms with E-state index < -0.39 is 0 Å². The van der Waals surface area contributed by atoms with E-state index >= 15 is 0 Å². The van der Waals surface area contributed by atoms with Crippen LogP contribution in [0.1, 0.15) is 42.7 Å². The van der Waals surface area contributed by atoms with Crippen LogP contribution in [0.15, 0.2) is 41.0 Å². The molecule has 0 saturated heterocycles. The second kappa shape index (κ2) is 8.72. The number of benzene rings is 1. The molecule has 0 bridgehead atoms. The standard InChI is InChI=1S/C20H28N2O3/c1-14(2)16-9-8-15(3)11-19(16)25-13-20(23)21-12-17(22(4)5)18-7-6-10-24-18/h6-11,14,17H,12-13H2,1-5H3,(H,21,23)/p+1/t17-/m0/s1. The number of likely N-dealkylation sites (N-methyl/N-ethyl adjacent to an activating group) is 1. The number of carbonyl (C=O) groups is 1. The Labute approximate surface area is 150 Å². The molecular formula is C20H29N2O3+. The van der Waals surface area contributed by atoms with Crippen molar-refractivity contribution in [2.75, 3.05) is 27.2 Å². The Hall–Kier alpha value is -2.27. The zero-order chi connectivity index (χ0) is 18.4. The normalized spacial score (nSPS) is 12.4. The Morgan fingerprint density at radius 2 is 2.04 bits per heavy atom. The van der Waals surface area contributed by atoms with Crippen LogP contribution in [-0.2, 0) is 4.79 Å². The van der Waals surface area contributed by atoms with Crippen molar-refractivity contribution in [3.63, 3.8) is 0 Å². The molecule has 1 amide bonds. The Bertz CT molecular complexity index is 678. The molecule has 1 aromatic carbocycles. The Balaban J connectivity index is 1.92. The highest BCUT2D eigenvalue weighted by Gasteiger charge is 2.21. The van der Waals surface area contributed by atoms with Gasteiger partial charge < -0.3 is 19.4 Å². The van der Waals surface area contributed by atoms with Gasteiger partial charge in [0.25, 0.3) is 5.91 Å². The van der Waals surface area contributed by atoms with Crippen LogP contribution in [0, 0.1) is 6.92 Å². The molecule has 0 fully saturated rings. The molecule has 2 aromatic rings. The number of hydrogen-bond donors (Lipinski definition) is 2. The predicted molar refractivity (Wildman–Crippen MR) is 98.0 cm³/mol. The molecule has 5 heteroatoms. The van der Waals surface area contributed by atoms with Crippen molar-refractivity contribution in [1.82, 2.24) is 5.32 Å². The van der Waals surface area contributed by atoms with Crippen molar-refractivity contribution in [3.8, 4) is 5.75 Å². The molecule has 0 spiro atoms. The fourth-order valence-corrected chi connectivity index (χ4v) is 2.73. The van der Waals surface area contributed by atoms with Crippen molar-refractivity contribution < 1.29 is 18.8 Å². The number of carbonyl (C=O) groups excluding carboxylic acids is 1. The van der Waals surface area contributed by atoms with E-state index in [1.165, 1.54) is 4.90 Å². The van der Waals surface area contributed by atoms with Crippen LogP contribution >= 0.6 is 0 Å². The third kappa shape index (κ3) is 5.36. The fraction of sp³-hybridized carbons (Fsp3) is 0.450. The molecule has 2 N–H and O–H groups in total. The summed E-state index contributed by atoms with van der Waals surface area (Å²) in [6, 6.07) is 9.98. The van der Waals surface area contributed by atoms with Gasteiger partial charge >= 0.3 is 0 Å². The minimum Gasteiger partial charge on any atom is -0.483 e. The molecule has 0 unspecified atom stereocenters. The first-order valence-electron chi connectivity index (χ1n) is 8.72. The monoisotopic (exact) mass is 345 g/mol. The van der Waals surface area contributed by atoms with Crippen LogP contribution in [0.2, 0.25) is 0 Å². The van der Waals surface area contributed by atoms with Gasteiger partial charge in [-0.15, -0.1) is 0 Å². The predicted octanol–water partition coefficient (Wildman–Crippen LogP) is 2.09. The summed E-state index contributed by atoms with van der Waals surface area (Å²) in [5, 5.41) is 2.94. The molecular weight excluding hydrogens is 316 g/mol. The van der Waals surface area contributed by atoms with Crippen molar-refractivity contribution in [1.29, 1.82) is 0 Å². The number of furan rings is 1. The second-order valence-corrected chi connectivity index (χ2v) is 6.93. The number of nitrogens with one attached hydrogen (secondary N) is 2. The van der Waals surface area contributed by atoms with E-state index in [1.807, 2.05) is 39.2 Å². The first-order chi connectivity index (χ1) is 11.9. The summed E-state index contributed by atoms with van der Waals surface area (Å²) >= 11 is 0. The van der Waals surface area contributed by atoms with Gasteiger partial charge in [0, 0.05) is 0 Å². The van der Waals surface area contributed by atoms with Gasteiger partial charge in [-0.3, -0.25) is 4.79 Å². The SMILES string of the molecule is Cc1ccc(C(C)C)c(OCC(=O)NC[C@@H](c2ccco2)[NH+](C)C)c1. The third-order valence-electron chi connectivity index (χ3n) is 4.24. The van der Waals surface area contributed by atoms with Gasteiger partial charge in [-0.05, 0) is 42.2 Å². The van der Waals surface area contributed by atoms with Gasteiger partial charge in [0.15, 0.2) is 18.4 Å². The lowest BCUT2D eigenvalue weighted by Gasteiger charge is -2.20. The van der Waals surface area contributed by atoms with Gasteiger partial charge in [0.2, 0.25) is 0 Å². The van der Waals surface area contributed by atoms with Crippen molar-refractivity contribution in [2.24, 2.45) is 0 Å². The first-order valence-corrected chi connectivity index (χ1v) is 8.72. The Morgan fingerprint density at radius 1 is 1.28 bits per heavy atom. The van der Waals surface area contributed by atoms with Crippen LogP contribution < -0.4 is 15.0 Å². The zero-order valence-electron chi connectivity index (χ0n) is 15.8. The quantitative estimate of drug-likeness (QED) is 0.770. The molecule has 1 aromatic heterocycles. The molecule has 136 valence electrons. The number of aryl methyl sites for hydroxylation is 1. The van der Waals surface area contributed by atoms with Gasteiger partial charge in [0.05, 0.1) is 26.9 Å². The van der Waals surface area contributed by atoms with E-state index in [2.05, 4.69) is 31.3 Å². The maximum Gasteiger partial charge on any atom is 0.258 e. The molecule has 25 heavy (non-hydrogen) atoms. The van der Waals surface area contributed by atoms with Crippen LogP contribution in [0.3, 0.4) is 0 Å². The topological polar surface area (TPSA) is 55.9 Å². The number of quaternary nitrogens is 1. The zero-order valence-corrected chi connectivity index (χ0v) is 15.8. The van der Waals surface area contributed by atoms with E-state index in [9.17, 15) is 4.79 Å². The second-order valence-electron chi connectivity index (χ2n) is 6.93. The summed E-state index contributed by atoms with van der Waals surface area (Å²) in [4.78, 5) is 13.4. The molecule has 1 atom stereocenters. The van der Waals surface area contributed by atoms with Crippen LogP contribution in [0.4, 0.5) is 0 Å². The lowest BCUT2D eigenvalue weighted by Crippen LogP contribution is -3.07. The summed E-state index contributed by atoms with van der Waals surface area (Å²) in [5.41, 5.74) is 2.23. The van der Waals surface area contributed by atoms with Crippen LogP contribution in [-0.4, -0.2) is 33.2 Å². The van der Waals surface area contributed by atoms with E-state index in [-0.39, 0.29) is 18.6 Å². The van der Waals surface area contributed by atoms with Crippen molar-refractivity contribution in [2.45, 2.75) is 32.7 Å². The largest absolute Gasteiger partial charge is 0.483 e. The first kappa shape index (κ1) is 19.1. The molecule has 0 aliphatic carbocycles. The molecule has 2 rings (SSSR count). The van der Waals surface area contributed by atoms with Crippen molar-refractivity contribution >= 4 is 5.91 Å². The van der Waals surface area contributed by atoms with E-state index in [0.29, 0.717) is 12.5 Å². The summed E-state index contributed by atoms with van der Waals surface area (Å²) in [6.45, 7) is 6.77. The van der Waals surface area contributed by atoms with Gasteiger partial charge in [-0.1, -0.05) is 26.0 Å². The molecule has 0 aliphatic rings. The summed E-state index contributed by atoms with van der Waals surface area (Å²) < 4.78 is 11.3. The molecule has 1 heterocycles. The summed E-state index contributed by atoms with van der Waals surface area (Å²) in [7, 11) is 4.08. The smallest absolute Gasteiger partial charge is 0.258 e. The fourth-order valence-electron chi connectivity index (χ4n) is 2.73. The minimum atomic E-state index is -0.131. The Kier molecular flexibility index (Phi) is 6.65. The van der Waals surface area contributed by atoms with E-state index in [4.69, 9.17) is 9.15 Å². The Morgan fingerprint density at radius 3 is 2.64 bits per heavy atom. The maximum absolute atomic E-state index is 12.2. The van der Waals surface area contributed by atoms with Crippen LogP contribution in [0.5, 0.6) is 5.75 Å². The van der Waals surface area contributed by atoms with E-state index in [1.54, 1.807) is 6.26 Å². The average Bonchev–Trinajstić information content (AvgIpc) is 3.06. The lowest BCUT2D eigenvalue weighted by atomic mass is 10.0. The third-order valence-corrected chi connectivity index (χ3v) is 4.24. The minimum absolute atomic E-state index is 0.0107. The number of rotatable bonds is 8. The van der Waals surface area contributed by atoms with E-state index in [0.717, 1.165) is 22.6 Å². The number of ether oxygens (including phenoxy) is 1. The van der Waals surface area contributed by atoms with Crippen LogP contribution in [0.25, 0.3) is 0 Å². The van der Waals surface area contributed by atoms with Gasteiger partial charge in [0.1, 0.15) is 5.75 Å². The van der Waals surface area contributed by atoms with Gasteiger partial charge in [-0.2, -0.15) is 0 Å². The summed E-state index contributed by atoms with van der Waals surface area (Å²) in [5.74, 6) is 1.86. The molecule has 0 aliphatic heterocycles.